The van der Waals surface area contributed by atoms with Gasteiger partial charge in [0.15, 0.2) is 0 Å². The Hall–Kier alpha value is -1.61. The standard InChI is InChI=1S/C17H21NO2/c1-13-7-9-14(10-8-13)17-18-15(12-20-17)11-19-16-5-3-2-4-6-16/h7-10,12,16H,2-6,11H2,1H3. The normalized spacial score (nSPS) is 16.4. The van der Waals surface area contributed by atoms with Crippen molar-refractivity contribution in [3.05, 3.63) is 41.8 Å². The molecular weight excluding hydrogens is 250 g/mol. The fraction of sp³-hybridized carbons (Fsp3) is 0.471. The summed E-state index contributed by atoms with van der Waals surface area (Å²) >= 11 is 0. The maximum absolute atomic E-state index is 5.91. The molecule has 3 rings (SSSR count). The van der Waals surface area contributed by atoms with Crippen LogP contribution >= 0.6 is 0 Å². The van der Waals surface area contributed by atoms with E-state index >= 15 is 0 Å². The monoisotopic (exact) mass is 271 g/mol. The molecule has 0 atom stereocenters. The first-order chi connectivity index (χ1) is 9.81. The molecule has 0 aliphatic heterocycles. The number of benzene rings is 1. The summed E-state index contributed by atoms with van der Waals surface area (Å²) < 4.78 is 11.5. The van der Waals surface area contributed by atoms with Crippen LogP contribution in [0.3, 0.4) is 0 Å². The molecule has 3 heteroatoms. The highest BCUT2D eigenvalue weighted by Crippen LogP contribution is 2.23. The van der Waals surface area contributed by atoms with Gasteiger partial charge in [0.05, 0.1) is 12.7 Å². The van der Waals surface area contributed by atoms with Crippen LogP contribution in [0.4, 0.5) is 0 Å². The van der Waals surface area contributed by atoms with Gasteiger partial charge < -0.3 is 9.15 Å². The van der Waals surface area contributed by atoms with Gasteiger partial charge in [-0.3, -0.25) is 0 Å². The first kappa shape index (κ1) is 13.4. The lowest BCUT2D eigenvalue weighted by Crippen LogP contribution is -2.16. The third-order valence-corrected chi connectivity index (χ3v) is 3.87. The molecule has 1 fully saturated rings. The zero-order chi connectivity index (χ0) is 13.8. The van der Waals surface area contributed by atoms with E-state index in [1.807, 2.05) is 12.1 Å². The van der Waals surface area contributed by atoms with Crippen LogP contribution in [0.1, 0.15) is 43.4 Å². The van der Waals surface area contributed by atoms with Gasteiger partial charge >= 0.3 is 0 Å². The number of rotatable bonds is 4. The lowest BCUT2D eigenvalue weighted by Gasteiger charge is -2.21. The number of ether oxygens (including phenoxy) is 1. The van der Waals surface area contributed by atoms with E-state index < -0.39 is 0 Å². The first-order valence-corrected chi connectivity index (χ1v) is 7.44. The predicted molar refractivity (Wildman–Crippen MR) is 78.3 cm³/mol. The molecule has 106 valence electrons. The maximum Gasteiger partial charge on any atom is 0.226 e. The van der Waals surface area contributed by atoms with Gasteiger partial charge in [0.25, 0.3) is 0 Å². The Morgan fingerprint density at radius 2 is 1.90 bits per heavy atom. The number of aryl methyl sites for hydroxylation is 1. The van der Waals surface area contributed by atoms with Gasteiger partial charge in [0.2, 0.25) is 5.89 Å². The highest BCUT2D eigenvalue weighted by atomic mass is 16.5. The minimum atomic E-state index is 0.406. The van der Waals surface area contributed by atoms with Gasteiger partial charge in [0, 0.05) is 5.56 Å². The van der Waals surface area contributed by atoms with Gasteiger partial charge in [-0.2, -0.15) is 0 Å². The SMILES string of the molecule is Cc1ccc(-c2nc(COC3CCCCC3)co2)cc1. The smallest absolute Gasteiger partial charge is 0.226 e. The summed E-state index contributed by atoms with van der Waals surface area (Å²) in [6, 6.07) is 8.20. The van der Waals surface area contributed by atoms with E-state index in [4.69, 9.17) is 9.15 Å². The Morgan fingerprint density at radius 3 is 2.65 bits per heavy atom. The predicted octanol–water partition coefficient (Wildman–Crippen LogP) is 4.50. The van der Waals surface area contributed by atoms with Crippen LogP contribution < -0.4 is 0 Å². The lowest BCUT2D eigenvalue weighted by molar-refractivity contribution is 0.0152. The van der Waals surface area contributed by atoms with Gasteiger partial charge in [-0.25, -0.2) is 4.98 Å². The quantitative estimate of drug-likeness (QED) is 0.821. The van der Waals surface area contributed by atoms with E-state index in [9.17, 15) is 0 Å². The van der Waals surface area contributed by atoms with Crippen molar-refractivity contribution in [1.82, 2.24) is 4.98 Å². The Labute approximate surface area is 120 Å². The lowest BCUT2D eigenvalue weighted by atomic mass is 9.98. The van der Waals surface area contributed by atoms with E-state index in [1.54, 1.807) is 6.26 Å². The Balaban J connectivity index is 1.60. The average molecular weight is 271 g/mol. The summed E-state index contributed by atoms with van der Waals surface area (Å²) in [5.74, 6) is 0.673. The molecule has 1 saturated carbocycles. The van der Waals surface area contributed by atoms with Crippen molar-refractivity contribution in [3.8, 4) is 11.5 Å². The van der Waals surface area contributed by atoms with Crippen LogP contribution in [0.5, 0.6) is 0 Å². The Morgan fingerprint density at radius 1 is 1.15 bits per heavy atom. The van der Waals surface area contributed by atoms with Crippen LogP contribution in [0.15, 0.2) is 34.9 Å². The largest absolute Gasteiger partial charge is 0.444 e. The number of oxazole rings is 1. The van der Waals surface area contributed by atoms with Crippen molar-refractivity contribution < 1.29 is 9.15 Å². The molecule has 1 aliphatic rings. The van der Waals surface area contributed by atoms with Crippen molar-refractivity contribution in [2.45, 2.75) is 51.7 Å². The molecule has 1 aromatic carbocycles. The highest BCUT2D eigenvalue weighted by molar-refractivity contribution is 5.53. The van der Waals surface area contributed by atoms with E-state index in [0.717, 1.165) is 11.3 Å². The number of hydrogen-bond donors (Lipinski definition) is 0. The molecule has 20 heavy (non-hydrogen) atoms. The van der Waals surface area contributed by atoms with Crippen LogP contribution in [0.2, 0.25) is 0 Å². The summed E-state index contributed by atoms with van der Waals surface area (Å²) in [6.45, 7) is 2.63. The van der Waals surface area contributed by atoms with Crippen molar-refractivity contribution in [2.75, 3.05) is 0 Å². The van der Waals surface area contributed by atoms with Crippen LogP contribution in [0, 0.1) is 6.92 Å². The fourth-order valence-electron chi connectivity index (χ4n) is 2.64. The molecular formula is C17H21NO2. The van der Waals surface area contributed by atoms with Crippen LogP contribution in [0.25, 0.3) is 11.5 Å². The first-order valence-electron chi connectivity index (χ1n) is 7.44. The summed E-state index contributed by atoms with van der Waals surface area (Å²) in [7, 11) is 0. The van der Waals surface area contributed by atoms with Gasteiger partial charge in [-0.05, 0) is 31.9 Å². The number of nitrogens with zero attached hydrogens (tertiary/aromatic N) is 1. The molecule has 0 bridgehead atoms. The maximum atomic E-state index is 5.91. The fourth-order valence-corrected chi connectivity index (χ4v) is 2.64. The molecule has 0 spiro atoms. The van der Waals surface area contributed by atoms with E-state index in [1.165, 1.54) is 37.7 Å². The molecule has 0 saturated heterocycles. The minimum absolute atomic E-state index is 0.406. The third kappa shape index (κ3) is 3.28. The second-order valence-corrected chi connectivity index (χ2v) is 5.58. The molecule has 3 nitrogen and oxygen atoms in total. The minimum Gasteiger partial charge on any atom is -0.444 e. The Bertz CT molecular complexity index is 538. The molecule has 0 radical (unpaired) electrons. The molecule has 0 unspecified atom stereocenters. The average Bonchev–Trinajstić information content (AvgIpc) is 2.96. The van der Waals surface area contributed by atoms with Crippen molar-refractivity contribution in [1.29, 1.82) is 0 Å². The summed E-state index contributed by atoms with van der Waals surface area (Å²) in [4.78, 5) is 4.50. The summed E-state index contributed by atoms with van der Waals surface area (Å²) in [5.41, 5.74) is 3.13. The van der Waals surface area contributed by atoms with Crippen LogP contribution in [-0.2, 0) is 11.3 Å². The molecule has 2 aromatic rings. The van der Waals surface area contributed by atoms with E-state index in [-0.39, 0.29) is 0 Å². The molecule has 1 heterocycles. The van der Waals surface area contributed by atoms with E-state index in [0.29, 0.717) is 18.6 Å². The van der Waals surface area contributed by atoms with Crippen molar-refractivity contribution >= 4 is 0 Å². The van der Waals surface area contributed by atoms with Gasteiger partial charge in [-0.1, -0.05) is 37.0 Å². The molecule has 0 amide bonds. The molecule has 0 N–H and O–H groups in total. The topological polar surface area (TPSA) is 35.3 Å². The molecule has 1 aromatic heterocycles. The number of hydrogen-bond acceptors (Lipinski definition) is 3. The van der Waals surface area contributed by atoms with Gasteiger partial charge in [0.1, 0.15) is 12.0 Å². The van der Waals surface area contributed by atoms with Crippen molar-refractivity contribution in [3.63, 3.8) is 0 Å². The molecule has 1 aliphatic carbocycles. The van der Waals surface area contributed by atoms with Crippen LogP contribution in [-0.4, -0.2) is 11.1 Å². The second kappa shape index (κ2) is 6.23. The number of aromatic nitrogens is 1. The van der Waals surface area contributed by atoms with Gasteiger partial charge in [-0.15, -0.1) is 0 Å². The summed E-state index contributed by atoms with van der Waals surface area (Å²) in [6.07, 6.45) is 8.41. The van der Waals surface area contributed by atoms with E-state index in [2.05, 4.69) is 24.0 Å². The highest BCUT2D eigenvalue weighted by Gasteiger charge is 2.15. The Kier molecular flexibility index (Phi) is 4.16. The second-order valence-electron chi connectivity index (χ2n) is 5.58. The summed E-state index contributed by atoms with van der Waals surface area (Å²) in [5, 5.41) is 0. The van der Waals surface area contributed by atoms with Crippen molar-refractivity contribution in [2.24, 2.45) is 0 Å². The zero-order valence-corrected chi connectivity index (χ0v) is 12.0. The third-order valence-electron chi connectivity index (χ3n) is 3.87. The zero-order valence-electron chi connectivity index (χ0n) is 12.0.